The van der Waals surface area contributed by atoms with Crippen LogP contribution in [-0.4, -0.2) is 38.2 Å². The summed E-state index contributed by atoms with van der Waals surface area (Å²) in [6, 6.07) is 12.1. The lowest BCUT2D eigenvalue weighted by Crippen LogP contribution is -2.38. The highest BCUT2D eigenvalue weighted by atomic mass is 16.5. The molecule has 1 heterocycles. The van der Waals surface area contributed by atoms with Crippen LogP contribution in [0.15, 0.2) is 42.5 Å². The highest BCUT2D eigenvalue weighted by Crippen LogP contribution is 2.21. The second-order valence-corrected chi connectivity index (χ2v) is 6.39. The number of carbonyl (C=O) groups excluding carboxylic acids is 1. The van der Waals surface area contributed by atoms with Crippen molar-refractivity contribution in [1.29, 1.82) is 0 Å². The number of nitrogens with two attached hydrogens (primary N) is 2. The van der Waals surface area contributed by atoms with E-state index in [-0.39, 0.29) is 11.9 Å². The van der Waals surface area contributed by atoms with Crippen molar-refractivity contribution in [3.8, 4) is 5.75 Å². The van der Waals surface area contributed by atoms with Crippen molar-refractivity contribution in [3.63, 3.8) is 0 Å². The number of morpholine rings is 1. The van der Waals surface area contributed by atoms with E-state index in [1.807, 2.05) is 12.1 Å². The van der Waals surface area contributed by atoms with Crippen LogP contribution < -0.4 is 21.5 Å². The van der Waals surface area contributed by atoms with E-state index in [1.54, 1.807) is 30.3 Å². The van der Waals surface area contributed by atoms with Crippen LogP contribution in [0.5, 0.6) is 5.75 Å². The summed E-state index contributed by atoms with van der Waals surface area (Å²) in [5, 5.41) is 3.32. The molecule has 0 bridgehead atoms. The number of benzene rings is 2. The zero-order valence-corrected chi connectivity index (χ0v) is 14.7. The Labute approximate surface area is 153 Å². The third-order valence-corrected chi connectivity index (χ3v) is 4.39. The maximum absolute atomic E-state index is 12.6. The molecule has 2 aromatic carbocycles. The largest absolute Gasteiger partial charge is 0.494 e. The lowest BCUT2D eigenvalue weighted by Gasteiger charge is -2.23. The van der Waals surface area contributed by atoms with E-state index in [9.17, 15) is 4.79 Å². The highest BCUT2D eigenvalue weighted by Gasteiger charge is 2.13. The van der Waals surface area contributed by atoms with Crippen molar-refractivity contribution >= 4 is 17.2 Å². The normalized spacial score (nSPS) is 17.0. The Kier molecular flexibility index (Phi) is 6.09. The van der Waals surface area contributed by atoms with Gasteiger partial charge >= 0.3 is 0 Å². The standard InChI is InChI=1S/C20H25N3O3/c21-18-7-6-15(12-19(18)22)20(24)14-3-1-4-16(11-14)25-9-2-5-17-13-23-8-10-26-17/h1,3-4,6-7,11-12,17,23H,2,5,8-10,13,21-22H2. The van der Waals surface area contributed by atoms with E-state index in [0.29, 0.717) is 34.9 Å². The van der Waals surface area contributed by atoms with Crippen LogP contribution in [-0.2, 0) is 4.74 Å². The van der Waals surface area contributed by atoms with Crippen LogP contribution in [0.4, 0.5) is 11.4 Å². The van der Waals surface area contributed by atoms with Crippen molar-refractivity contribution in [2.45, 2.75) is 18.9 Å². The molecule has 0 spiro atoms. The maximum atomic E-state index is 12.6. The molecule has 0 amide bonds. The zero-order valence-electron chi connectivity index (χ0n) is 14.7. The van der Waals surface area contributed by atoms with Gasteiger partial charge in [0.05, 0.1) is 30.7 Å². The Morgan fingerprint density at radius 2 is 2.00 bits per heavy atom. The summed E-state index contributed by atoms with van der Waals surface area (Å²) in [7, 11) is 0. The van der Waals surface area contributed by atoms with Crippen LogP contribution in [0.25, 0.3) is 0 Å². The van der Waals surface area contributed by atoms with E-state index in [0.717, 1.165) is 32.5 Å². The molecule has 0 radical (unpaired) electrons. The SMILES string of the molecule is Nc1ccc(C(=O)c2cccc(OCCCC3CNCCO3)c2)cc1N. The van der Waals surface area contributed by atoms with Gasteiger partial charge in [0.1, 0.15) is 5.75 Å². The van der Waals surface area contributed by atoms with Crippen LogP contribution >= 0.6 is 0 Å². The third-order valence-electron chi connectivity index (χ3n) is 4.39. The van der Waals surface area contributed by atoms with Gasteiger partial charge in [-0.05, 0) is 43.2 Å². The number of nitrogen functional groups attached to an aromatic ring is 2. The minimum absolute atomic E-state index is 0.108. The number of anilines is 2. The van der Waals surface area contributed by atoms with Crippen molar-refractivity contribution in [1.82, 2.24) is 5.32 Å². The summed E-state index contributed by atoms with van der Waals surface area (Å²) in [5.41, 5.74) is 13.4. The second kappa shape index (κ2) is 8.69. The molecule has 5 N–H and O–H groups in total. The molecule has 1 unspecified atom stereocenters. The number of rotatable bonds is 7. The predicted molar refractivity (Wildman–Crippen MR) is 102 cm³/mol. The number of ether oxygens (including phenoxy) is 2. The molecule has 0 aromatic heterocycles. The zero-order chi connectivity index (χ0) is 18.4. The molecule has 2 aromatic rings. The van der Waals surface area contributed by atoms with Crippen LogP contribution in [0.3, 0.4) is 0 Å². The average Bonchev–Trinajstić information content (AvgIpc) is 2.68. The summed E-state index contributed by atoms with van der Waals surface area (Å²) in [4.78, 5) is 12.6. The molecule has 1 aliphatic heterocycles. The summed E-state index contributed by atoms with van der Waals surface area (Å²) >= 11 is 0. The number of nitrogens with one attached hydrogen (secondary N) is 1. The first-order chi connectivity index (χ1) is 12.6. The maximum Gasteiger partial charge on any atom is 0.193 e. The summed E-state index contributed by atoms with van der Waals surface area (Å²) < 4.78 is 11.5. The smallest absolute Gasteiger partial charge is 0.193 e. The molecule has 1 saturated heterocycles. The quantitative estimate of drug-likeness (QED) is 0.400. The first kappa shape index (κ1) is 18.2. The van der Waals surface area contributed by atoms with Crippen LogP contribution in [0.1, 0.15) is 28.8 Å². The molecule has 1 aliphatic rings. The fourth-order valence-corrected chi connectivity index (χ4v) is 2.92. The molecule has 0 aliphatic carbocycles. The molecule has 6 nitrogen and oxygen atoms in total. The van der Waals surface area contributed by atoms with E-state index in [2.05, 4.69) is 5.32 Å². The number of ketones is 1. The first-order valence-electron chi connectivity index (χ1n) is 8.88. The number of hydrogen-bond acceptors (Lipinski definition) is 6. The van der Waals surface area contributed by atoms with Crippen molar-refractivity contribution < 1.29 is 14.3 Å². The topological polar surface area (TPSA) is 99.6 Å². The van der Waals surface area contributed by atoms with E-state index >= 15 is 0 Å². The van der Waals surface area contributed by atoms with E-state index < -0.39 is 0 Å². The molecule has 3 rings (SSSR count). The Morgan fingerprint density at radius 3 is 2.77 bits per heavy atom. The van der Waals surface area contributed by atoms with Gasteiger partial charge in [-0.2, -0.15) is 0 Å². The Bertz CT molecular complexity index is 758. The fourth-order valence-electron chi connectivity index (χ4n) is 2.92. The minimum atomic E-state index is -0.108. The molecule has 26 heavy (non-hydrogen) atoms. The molecular formula is C20H25N3O3. The van der Waals surface area contributed by atoms with Gasteiger partial charge < -0.3 is 26.3 Å². The molecular weight excluding hydrogens is 330 g/mol. The van der Waals surface area contributed by atoms with Gasteiger partial charge in [0.2, 0.25) is 0 Å². The molecule has 6 heteroatoms. The van der Waals surface area contributed by atoms with Gasteiger partial charge in [-0.15, -0.1) is 0 Å². The lowest BCUT2D eigenvalue weighted by atomic mass is 10.0. The Balaban J connectivity index is 1.55. The third kappa shape index (κ3) is 4.74. The monoisotopic (exact) mass is 355 g/mol. The molecule has 0 saturated carbocycles. The van der Waals surface area contributed by atoms with Gasteiger partial charge in [0.15, 0.2) is 5.78 Å². The van der Waals surface area contributed by atoms with E-state index in [4.69, 9.17) is 20.9 Å². The summed E-state index contributed by atoms with van der Waals surface area (Å²) in [6.45, 7) is 3.18. The number of carbonyl (C=O) groups is 1. The molecule has 1 atom stereocenters. The Morgan fingerprint density at radius 1 is 1.15 bits per heavy atom. The predicted octanol–water partition coefficient (Wildman–Crippen LogP) is 2.23. The van der Waals surface area contributed by atoms with Gasteiger partial charge in [0, 0.05) is 24.2 Å². The highest BCUT2D eigenvalue weighted by molar-refractivity contribution is 6.10. The van der Waals surface area contributed by atoms with Crippen LogP contribution in [0.2, 0.25) is 0 Å². The minimum Gasteiger partial charge on any atom is -0.494 e. The summed E-state index contributed by atoms with van der Waals surface area (Å²) in [6.07, 6.45) is 2.12. The van der Waals surface area contributed by atoms with Gasteiger partial charge in [-0.1, -0.05) is 12.1 Å². The van der Waals surface area contributed by atoms with Crippen molar-refractivity contribution in [3.05, 3.63) is 53.6 Å². The van der Waals surface area contributed by atoms with Gasteiger partial charge in [-0.3, -0.25) is 4.79 Å². The Hall–Kier alpha value is -2.57. The number of hydrogen-bond donors (Lipinski definition) is 3. The summed E-state index contributed by atoms with van der Waals surface area (Å²) in [5.74, 6) is 0.575. The fraction of sp³-hybridized carbons (Fsp3) is 0.350. The molecule has 138 valence electrons. The first-order valence-corrected chi connectivity index (χ1v) is 8.88. The second-order valence-electron chi connectivity index (χ2n) is 6.39. The average molecular weight is 355 g/mol. The van der Waals surface area contributed by atoms with Crippen molar-refractivity contribution in [2.24, 2.45) is 0 Å². The van der Waals surface area contributed by atoms with E-state index in [1.165, 1.54) is 0 Å². The van der Waals surface area contributed by atoms with Crippen LogP contribution in [0, 0.1) is 0 Å². The molecule has 1 fully saturated rings. The lowest BCUT2D eigenvalue weighted by molar-refractivity contribution is 0.0204. The van der Waals surface area contributed by atoms with Gasteiger partial charge in [-0.25, -0.2) is 0 Å². The van der Waals surface area contributed by atoms with Crippen molar-refractivity contribution in [2.75, 3.05) is 37.8 Å². The van der Waals surface area contributed by atoms with Gasteiger partial charge in [0.25, 0.3) is 0 Å².